The smallest absolute Gasteiger partial charge is 0.315 e. The molecule has 0 aliphatic heterocycles. The van der Waals surface area contributed by atoms with Crippen LogP contribution in [0.15, 0.2) is 0 Å². The van der Waals surface area contributed by atoms with Crippen molar-refractivity contribution in [2.45, 2.75) is 65.0 Å². The maximum atomic E-state index is 11.8. The van der Waals surface area contributed by atoms with Crippen LogP contribution >= 0.6 is 0 Å². The molecule has 19 heavy (non-hydrogen) atoms. The average molecular weight is 270 g/mol. The second kappa shape index (κ2) is 7.36. The molecule has 1 fully saturated rings. The predicted molar refractivity (Wildman–Crippen MR) is 74.0 cm³/mol. The van der Waals surface area contributed by atoms with E-state index in [1.807, 2.05) is 6.92 Å². The van der Waals surface area contributed by atoms with Crippen LogP contribution in [0, 0.1) is 11.8 Å². The van der Waals surface area contributed by atoms with Crippen molar-refractivity contribution in [3.05, 3.63) is 0 Å². The molecule has 1 aliphatic carbocycles. The predicted octanol–water partition coefficient (Wildman–Crippen LogP) is 2.36. The summed E-state index contributed by atoms with van der Waals surface area (Å²) in [6.07, 6.45) is 4.03. The highest BCUT2D eigenvalue weighted by Crippen LogP contribution is 2.25. The third-order valence-electron chi connectivity index (χ3n) is 3.95. The minimum Gasteiger partial charge on any atom is -0.481 e. The molecule has 2 amide bonds. The topological polar surface area (TPSA) is 78.4 Å². The van der Waals surface area contributed by atoms with Gasteiger partial charge in [0, 0.05) is 12.1 Å². The van der Waals surface area contributed by atoms with Crippen molar-refractivity contribution in [3.8, 4) is 0 Å². The van der Waals surface area contributed by atoms with Gasteiger partial charge in [0.2, 0.25) is 0 Å². The molecule has 1 rings (SSSR count). The summed E-state index contributed by atoms with van der Waals surface area (Å²) in [7, 11) is 0. The van der Waals surface area contributed by atoms with Crippen molar-refractivity contribution in [1.82, 2.24) is 10.6 Å². The van der Waals surface area contributed by atoms with Gasteiger partial charge in [-0.15, -0.1) is 0 Å². The maximum Gasteiger partial charge on any atom is 0.315 e. The van der Waals surface area contributed by atoms with Crippen LogP contribution in [-0.2, 0) is 4.79 Å². The Hall–Kier alpha value is -1.26. The van der Waals surface area contributed by atoms with E-state index >= 15 is 0 Å². The van der Waals surface area contributed by atoms with Gasteiger partial charge in [0.25, 0.3) is 0 Å². The molecule has 2 unspecified atom stereocenters. The van der Waals surface area contributed by atoms with E-state index in [1.165, 1.54) is 0 Å². The standard InChI is InChI=1S/C14H26N2O3/c1-4-9(2)7-10(3)15-14(19)16-12-6-5-11(8-12)13(17)18/h9-12H,4-8H2,1-3H3,(H,17,18)(H2,15,16,19)/t9?,10?,11-,12+/m1/s1. The molecule has 0 radical (unpaired) electrons. The third-order valence-corrected chi connectivity index (χ3v) is 3.95. The van der Waals surface area contributed by atoms with Crippen molar-refractivity contribution in [2.24, 2.45) is 11.8 Å². The summed E-state index contributed by atoms with van der Waals surface area (Å²) in [4.78, 5) is 22.6. The van der Waals surface area contributed by atoms with E-state index in [2.05, 4.69) is 24.5 Å². The van der Waals surface area contributed by atoms with Crippen molar-refractivity contribution < 1.29 is 14.7 Å². The summed E-state index contributed by atoms with van der Waals surface area (Å²) in [5.74, 6) is -0.462. The molecule has 0 bridgehead atoms. The van der Waals surface area contributed by atoms with Gasteiger partial charge in [0.15, 0.2) is 0 Å². The summed E-state index contributed by atoms with van der Waals surface area (Å²) in [5.41, 5.74) is 0. The Morgan fingerprint density at radius 2 is 2.00 bits per heavy atom. The molecule has 1 saturated carbocycles. The van der Waals surface area contributed by atoms with Crippen LogP contribution in [0.1, 0.15) is 52.9 Å². The van der Waals surface area contributed by atoms with Crippen LogP contribution in [0.2, 0.25) is 0 Å². The van der Waals surface area contributed by atoms with E-state index in [9.17, 15) is 9.59 Å². The molecular formula is C14H26N2O3. The fourth-order valence-corrected chi connectivity index (χ4v) is 2.62. The quantitative estimate of drug-likeness (QED) is 0.693. The van der Waals surface area contributed by atoms with Gasteiger partial charge < -0.3 is 15.7 Å². The van der Waals surface area contributed by atoms with Crippen molar-refractivity contribution in [1.29, 1.82) is 0 Å². The number of rotatable bonds is 6. The summed E-state index contributed by atoms with van der Waals surface area (Å²) >= 11 is 0. The number of hydrogen-bond acceptors (Lipinski definition) is 2. The molecule has 0 spiro atoms. The molecule has 0 aromatic rings. The van der Waals surface area contributed by atoms with Crippen LogP contribution in [0.25, 0.3) is 0 Å². The summed E-state index contributed by atoms with van der Waals surface area (Å²) in [6, 6.07) is -0.0321. The number of carbonyl (C=O) groups is 2. The fourth-order valence-electron chi connectivity index (χ4n) is 2.62. The Labute approximate surface area is 115 Å². The zero-order chi connectivity index (χ0) is 14.4. The van der Waals surface area contributed by atoms with Crippen LogP contribution in [0.5, 0.6) is 0 Å². The van der Waals surface area contributed by atoms with Gasteiger partial charge >= 0.3 is 12.0 Å². The van der Waals surface area contributed by atoms with Crippen molar-refractivity contribution in [3.63, 3.8) is 0 Å². The average Bonchev–Trinajstić information content (AvgIpc) is 2.76. The van der Waals surface area contributed by atoms with E-state index in [1.54, 1.807) is 0 Å². The monoisotopic (exact) mass is 270 g/mol. The molecule has 4 atom stereocenters. The zero-order valence-corrected chi connectivity index (χ0v) is 12.1. The van der Waals surface area contributed by atoms with Gasteiger partial charge in [-0.25, -0.2) is 4.79 Å². The largest absolute Gasteiger partial charge is 0.481 e. The first-order valence-corrected chi connectivity index (χ1v) is 7.22. The molecular weight excluding hydrogens is 244 g/mol. The molecule has 5 nitrogen and oxygen atoms in total. The summed E-state index contributed by atoms with van der Waals surface area (Å²) in [6.45, 7) is 6.31. The zero-order valence-electron chi connectivity index (χ0n) is 12.1. The lowest BCUT2D eigenvalue weighted by molar-refractivity contribution is -0.141. The first kappa shape index (κ1) is 15.8. The number of urea groups is 1. The summed E-state index contributed by atoms with van der Waals surface area (Å²) < 4.78 is 0. The minimum atomic E-state index is -0.755. The number of hydrogen-bond donors (Lipinski definition) is 3. The van der Waals surface area contributed by atoms with Crippen molar-refractivity contribution >= 4 is 12.0 Å². The number of amides is 2. The van der Waals surface area contributed by atoms with E-state index in [0.717, 1.165) is 19.3 Å². The highest BCUT2D eigenvalue weighted by Gasteiger charge is 2.30. The molecule has 0 heterocycles. The molecule has 5 heteroatoms. The molecule has 110 valence electrons. The maximum absolute atomic E-state index is 11.8. The Balaban J connectivity index is 2.26. The van der Waals surface area contributed by atoms with E-state index in [4.69, 9.17) is 5.11 Å². The van der Waals surface area contributed by atoms with Crippen molar-refractivity contribution in [2.75, 3.05) is 0 Å². The van der Waals surface area contributed by atoms with Crippen LogP contribution in [0.3, 0.4) is 0 Å². The summed E-state index contributed by atoms with van der Waals surface area (Å²) in [5, 5.41) is 14.7. The number of aliphatic carboxylic acids is 1. The second-order valence-electron chi connectivity index (χ2n) is 5.81. The highest BCUT2D eigenvalue weighted by molar-refractivity contribution is 5.75. The highest BCUT2D eigenvalue weighted by atomic mass is 16.4. The van der Waals surface area contributed by atoms with Gasteiger partial charge in [0.1, 0.15) is 0 Å². The van der Waals surface area contributed by atoms with Crippen LogP contribution in [0.4, 0.5) is 4.79 Å². The van der Waals surface area contributed by atoms with E-state index in [0.29, 0.717) is 18.8 Å². The van der Waals surface area contributed by atoms with E-state index < -0.39 is 5.97 Å². The lowest BCUT2D eigenvalue weighted by atomic mass is 10.0. The minimum absolute atomic E-state index is 0.00287. The number of carboxylic acids is 1. The number of carboxylic acid groups (broad SMARTS) is 1. The number of nitrogens with one attached hydrogen (secondary N) is 2. The SMILES string of the molecule is CCC(C)CC(C)NC(=O)N[C@H]1CC[C@@H](C(=O)O)C1. The fraction of sp³-hybridized carbons (Fsp3) is 0.857. The molecule has 3 N–H and O–H groups in total. The van der Waals surface area contributed by atoms with E-state index in [-0.39, 0.29) is 24.0 Å². The van der Waals surface area contributed by atoms with Crippen LogP contribution < -0.4 is 10.6 Å². The Morgan fingerprint density at radius 1 is 1.32 bits per heavy atom. The lowest BCUT2D eigenvalue weighted by Crippen LogP contribution is -2.45. The lowest BCUT2D eigenvalue weighted by Gasteiger charge is -2.20. The Bertz CT molecular complexity index is 320. The molecule has 1 aliphatic rings. The Morgan fingerprint density at radius 3 is 2.53 bits per heavy atom. The van der Waals surface area contributed by atoms with Crippen LogP contribution in [-0.4, -0.2) is 29.2 Å². The Kier molecular flexibility index (Phi) is 6.12. The molecule has 0 aromatic heterocycles. The van der Waals surface area contributed by atoms with Gasteiger partial charge in [-0.2, -0.15) is 0 Å². The normalized spacial score (nSPS) is 25.6. The third kappa shape index (κ3) is 5.49. The second-order valence-corrected chi connectivity index (χ2v) is 5.81. The van der Waals surface area contributed by atoms with Gasteiger partial charge in [0.05, 0.1) is 5.92 Å². The first-order valence-electron chi connectivity index (χ1n) is 7.22. The van der Waals surface area contributed by atoms with Gasteiger partial charge in [-0.1, -0.05) is 20.3 Å². The van der Waals surface area contributed by atoms with Gasteiger partial charge in [-0.3, -0.25) is 4.79 Å². The van der Waals surface area contributed by atoms with Gasteiger partial charge in [-0.05, 0) is 38.5 Å². The first-order chi connectivity index (χ1) is 8.92. The molecule has 0 aromatic carbocycles. The molecule has 0 saturated heterocycles. The number of carbonyl (C=O) groups excluding carboxylic acids is 1.